The molecule has 0 spiro atoms. The minimum atomic E-state index is -0.295. The lowest BCUT2D eigenvalue weighted by Crippen LogP contribution is -2.14. The van der Waals surface area contributed by atoms with Crippen LogP contribution < -0.4 is 10.1 Å². The zero-order chi connectivity index (χ0) is 20.9. The third-order valence-corrected chi connectivity index (χ3v) is 4.91. The number of ether oxygens (including phenoxy) is 1. The molecule has 2 aromatic heterocycles. The Balaban J connectivity index is 1.36. The number of anilines is 1. The number of halogens is 2. The maximum atomic E-state index is 12.5. The average Bonchev–Trinajstić information content (AvgIpc) is 3.37. The number of carbonyl (C=O) groups is 1. The number of aromatic nitrogens is 4. The molecule has 0 saturated heterocycles. The number of nitrogens with one attached hydrogen (secondary N) is 1. The van der Waals surface area contributed by atoms with Crippen molar-refractivity contribution in [1.29, 1.82) is 0 Å². The van der Waals surface area contributed by atoms with E-state index in [-0.39, 0.29) is 12.6 Å². The Labute approximate surface area is 186 Å². The predicted octanol–water partition coefficient (Wildman–Crippen LogP) is 4.83. The molecule has 1 amide bonds. The largest absolute Gasteiger partial charge is 0.471 e. The fourth-order valence-electron chi connectivity index (χ4n) is 2.78. The van der Waals surface area contributed by atoms with Crippen molar-refractivity contribution in [2.45, 2.75) is 13.3 Å². The minimum Gasteiger partial charge on any atom is -0.471 e. The number of rotatable bonds is 7. The zero-order valence-corrected chi connectivity index (χ0v) is 18.0. The van der Waals surface area contributed by atoms with Gasteiger partial charge in [0.25, 0.3) is 5.91 Å². The third-order valence-electron chi connectivity index (χ3n) is 4.18. The van der Waals surface area contributed by atoms with Crippen LogP contribution in [-0.4, -0.2) is 25.5 Å². The van der Waals surface area contributed by atoms with Crippen LogP contribution in [0.1, 0.15) is 16.1 Å². The molecule has 30 heavy (non-hydrogen) atoms. The summed E-state index contributed by atoms with van der Waals surface area (Å²) in [6.07, 6.45) is 5.03. The Hall–Kier alpha value is -3.10. The molecule has 0 bridgehead atoms. The number of amides is 1. The van der Waals surface area contributed by atoms with E-state index < -0.39 is 0 Å². The van der Waals surface area contributed by atoms with Crippen LogP contribution >= 0.6 is 27.5 Å². The summed E-state index contributed by atoms with van der Waals surface area (Å²) >= 11 is 9.28. The molecule has 7 nitrogen and oxygen atoms in total. The van der Waals surface area contributed by atoms with Crippen LogP contribution in [-0.2, 0) is 13.3 Å². The Kier molecular flexibility index (Phi) is 6.15. The Morgan fingerprint density at radius 1 is 1.13 bits per heavy atom. The van der Waals surface area contributed by atoms with E-state index in [1.165, 1.54) is 0 Å². The van der Waals surface area contributed by atoms with Crippen LogP contribution in [0.15, 0.2) is 77.7 Å². The van der Waals surface area contributed by atoms with Crippen molar-refractivity contribution >= 4 is 39.1 Å². The van der Waals surface area contributed by atoms with Gasteiger partial charge in [0.05, 0.1) is 17.8 Å². The van der Waals surface area contributed by atoms with Gasteiger partial charge in [-0.1, -0.05) is 39.7 Å². The summed E-state index contributed by atoms with van der Waals surface area (Å²) in [6.45, 7) is 0.759. The first-order valence-electron chi connectivity index (χ1n) is 9.05. The third kappa shape index (κ3) is 5.28. The number of nitrogens with zero attached hydrogens (tertiary/aromatic N) is 4. The summed E-state index contributed by atoms with van der Waals surface area (Å²) in [5.74, 6) is 0.423. The second-order valence-electron chi connectivity index (χ2n) is 6.48. The fraction of sp³-hybridized carbons (Fsp3) is 0.0952. The quantitative estimate of drug-likeness (QED) is 0.406. The van der Waals surface area contributed by atoms with Crippen LogP contribution in [0.3, 0.4) is 0 Å². The lowest BCUT2D eigenvalue weighted by molar-refractivity contribution is 0.102. The van der Waals surface area contributed by atoms with Crippen LogP contribution in [0.2, 0.25) is 5.02 Å². The molecule has 1 N–H and O–H groups in total. The van der Waals surface area contributed by atoms with Crippen molar-refractivity contribution in [3.05, 3.63) is 93.9 Å². The van der Waals surface area contributed by atoms with Crippen molar-refractivity contribution in [2.75, 3.05) is 5.32 Å². The van der Waals surface area contributed by atoms with Crippen LogP contribution in [0, 0.1) is 0 Å². The van der Waals surface area contributed by atoms with E-state index in [2.05, 4.69) is 31.4 Å². The molecule has 0 aliphatic heterocycles. The highest BCUT2D eigenvalue weighted by molar-refractivity contribution is 9.10. The molecule has 0 aliphatic rings. The van der Waals surface area contributed by atoms with Gasteiger partial charge < -0.3 is 10.1 Å². The van der Waals surface area contributed by atoms with Crippen molar-refractivity contribution < 1.29 is 9.53 Å². The summed E-state index contributed by atoms with van der Waals surface area (Å²) in [5.41, 5.74) is 1.97. The minimum absolute atomic E-state index is 0.205. The molecule has 0 fully saturated rings. The van der Waals surface area contributed by atoms with E-state index in [9.17, 15) is 4.79 Å². The van der Waals surface area contributed by atoms with Gasteiger partial charge in [-0.15, -0.1) is 0 Å². The SMILES string of the molecule is O=C(Nc1cccc(Cn2cc(Cl)cn2)c1)c1ccn(COc2ccc(Br)cc2)n1. The molecule has 0 atom stereocenters. The van der Waals surface area contributed by atoms with E-state index in [0.717, 1.165) is 15.8 Å². The Morgan fingerprint density at radius 2 is 1.97 bits per heavy atom. The Morgan fingerprint density at radius 3 is 2.73 bits per heavy atom. The van der Waals surface area contributed by atoms with Crippen molar-refractivity contribution in [2.24, 2.45) is 0 Å². The van der Waals surface area contributed by atoms with Gasteiger partial charge in [-0.2, -0.15) is 10.2 Å². The van der Waals surface area contributed by atoms with Gasteiger partial charge in [0, 0.05) is 22.6 Å². The van der Waals surface area contributed by atoms with E-state index in [4.69, 9.17) is 16.3 Å². The van der Waals surface area contributed by atoms with E-state index >= 15 is 0 Å². The molecular weight excluding hydrogens is 470 g/mol. The molecule has 9 heteroatoms. The standard InChI is InChI=1S/C21H17BrClN5O2/c22-16-4-6-19(7-5-16)30-14-27-9-8-20(26-27)21(29)25-18-3-1-2-15(10-18)12-28-13-17(23)11-24-28/h1-11,13H,12,14H2,(H,25,29). The number of hydrogen-bond acceptors (Lipinski definition) is 4. The molecule has 0 saturated carbocycles. The maximum absolute atomic E-state index is 12.5. The van der Waals surface area contributed by atoms with Gasteiger partial charge in [0.1, 0.15) is 5.75 Å². The molecule has 0 aliphatic carbocycles. The normalized spacial score (nSPS) is 10.7. The lowest BCUT2D eigenvalue weighted by Gasteiger charge is -2.07. The average molecular weight is 487 g/mol. The van der Waals surface area contributed by atoms with Crippen LogP contribution in [0.25, 0.3) is 0 Å². The first-order chi connectivity index (χ1) is 14.5. The molecular formula is C21H17BrClN5O2. The number of hydrogen-bond donors (Lipinski definition) is 1. The first-order valence-corrected chi connectivity index (χ1v) is 10.2. The monoisotopic (exact) mass is 485 g/mol. The van der Waals surface area contributed by atoms with Gasteiger partial charge in [0.15, 0.2) is 12.4 Å². The fourth-order valence-corrected chi connectivity index (χ4v) is 3.20. The number of benzene rings is 2. The van der Waals surface area contributed by atoms with E-state index in [1.807, 2.05) is 48.5 Å². The summed E-state index contributed by atoms with van der Waals surface area (Å²) in [7, 11) is 0. The highest BCUT2D eigenvalue weighted by Crippen LogP contribution is 2.17. The highest BCUT2D eigenvalue weighted by Gasteiger charge is 2.11. The number of carbonyl (C=O) groups excluding carboxylic acids is 1. The molecule has 2 heterocycles. The molecule has 4 aromatic rings. The molecule has 0 unspecified atom stereocenters. The van der Waals surface area contributed by atoms with Crippen LogP contribution in [0.5, 0.6) is 5.75 Å². The summed E-state index contributed by atoms with van der Waals surface area (Å²) in [5, 5.41) is 11.9. The lowest BCUT2D eigenvalue weighted by atomic mass is 10.2. The predicted molar refractivity (Wildman–Crippen MR) is 118 cm³/mol. The second kappa shape index (κ2) is 9.15. The van der Waals surface area contributed by atoms with Gasteiger partial charge in [-0.05, 0) is 48.0 Å². The zero-order valence-electron chi connectivity index (χ0n) is 15.7. The second-order valence-corrected chi connectivity index (χ2v) is 7.83. The topological polar surface area (TPSA) is 74.0 Å². The molecule has 0 radical (unpaired) electrons. The van der Waals surface area contributed by atoms with Gasteiger partial charge >= 0.3 is 0 Å². The molecule has 2 aromatic carbocycles. The summed E-state index contributed by atoms with van der Waals surface area (Å²) in [6, 6.07) is 16.7. The van der Waals surface area contributed by atoms with E-state index in [0.29, 0.717) is 22.9 Å². The smallest absolute Gasteiger partial charge is 0.276 e. The van der Waals surface area contributed by atoms with Gasteiger partial charge in [0.2, 0.25) is 0 Å². The van der Waals surface area contributed by atoms with E-state index in [1.54, 1.807) is 34.0 Å². The van der Waals surface area contributed by atoms with Crippen LogP contribution in [0.4, 0.5) is 5.69 Å². The maximum Gasteiger partial charge on any atom is 0.276 e. The molecule has 4 rings (SSSR count). The summed E-state index contributed by atoms with van der Waals surface area (Å²) in [4.78, 5) is 12.5. The van der Waals surface area contributed by atoms with Crippen molar-refractivity contribution in [3.8, 4) is 5.75 Å². The van der Waals surface area contributed by atoms with Crippen molar-refractivity contribution in [3.63, 3.8) is 0 Å². The summed E-state index contributed by atoms with van der Waals surface area (Å²) < 4.78 is 9.94. The van der Waals surface area contributed by atoms with Gasteiger partial charge in [-0.25, -0.2) is 4.68 Å². The van der Waals surface area contributed by atoms with Gasteiger partial charge in [-0.3, -0.25) is 9.48 Å². The highest BCUT2D eigenvalue weighted by atomic mass is 79.9. The van der Waals surface area contributed by atoms with Crippen molar-refractivity contribution in [1.82, 2.24) is 19.6 Å². The Bertz CT molecular complexity index is 1160. The first kappa shape index (κ1) is 20.2. The molecule has 152 valence electrons.